The van der Waals surface area contributed by atoms with Crippen LogP contribution in [0.5, 0.6) is 0 Å². The van der Waals surface area contributed by atoms with Crippen LogP contribution in [0.15, 0.2) is 84.0 Å². The summed E-state index contributed by atoms with van der Waals surface area (Å²) in [4.78, 5) is 29.1. The minimum atomic E-state index is -3.86. The Morgan fingerprint density at radius 1 is 1.06 bits per heavy atom. The van der Waals surface area contributed by atoms with Crippen LogP contribution in [0.2, 0.25) is 0 Å². The minimum Gasteiger partial charge on any atom is -0.350 e. The molecule has 0 aliphatic carbocycles. The molecule has 1 aliphatic rings. The van der Waals surface area contributed by atoms with E-state index in [1.807, 2.05) is 0 Å². The van der Waals surface area contributed by atoms with E-state index in [-0.39, 0.29) is 34.9 Å². The Morgan fingerprint density at radius 3 is 2.47 bits per heavy atom. The van der Waals surface area contributed by atoms with E-state index in [0.717, 1.165) is 0 Å². The van der Waals surface area contributed by atoms with Gasteiger partial charge in [0.2, 0.25) is 15.9 Å². The number of aromatic nitrogens is 1. The van der Waals surface area contributed by atoms with Gasteiger partial charge >= 0.3 is 0 Å². The van der Waals surface area contributed by atoms with Crippen molar-refractivity contribution in [3.63, 3.8) is 0 Å². The second kappa shape index (κ2) is 9.35. The number of hydrogen-bond acceptors (Lipinski definition) is 7. The fourth-order valence-corrected chi connectivity index (χ4v) is 6.79. The molecule has 9 nitrogen and oxygen atoms in total. The van der Waals surface area contributed by atoms with E-state index < -0.39 is 36.9 Å². The maximum absolute atomic E-state index is 13.3. The first kappa shape index (κ1) is 23.6. The molecule has 0 bridgehead atoms. The average Bonchev–Trinajstić information content (AvgIpc) is 3.12. The van der Waals surface area contributed by atoms with Gasteiger partial charge in [-0.2, -0.15) is 0 Å². The number of rotatable bonds is 7. The Bertz CT molecular complexity index is 1430. The number of benzene rings is 2. The molecule has 176 valence electrons. The number of pyridine rings is 1. The standard InChI is InChI=1S/C23H21N3O6S2/c27-22-11-13-33(29,30)26(22)19-8-4-6-17(14-19)23(28)25-16-21(18-7-5-12-24-15-18)34(31,32)20-9-2-1-3-10-20/h1-10,12,14-15,21H,11,13,16H2,(H,25,28)/t21-/m1/s1. The molecule has 2 heterocycles. The Labute approximate surface area is 197 Å². The molecule has 1 aliphatic heterocycles. The van der Waals surface area contributed by atoms with Gasteiger partial charge in [0.15, 0.2) is 9.84 Å². The van der Waals surface area contributed by atoms with Gasteiger partial charge in [-0.1, -0.05) is 30.3 Å². The molecule has 2 amide bonds. The quantitative estimate of drug-likeness (QED) is 0.527. The second-order valence-corrected chi connectivity index (χ2v) is 11.7. The van der Waals surface area contributed by atoms with E-state index in [0.29, 0.717) is 9.87 Å². The summed E-state index contributed by atoms with van der Waals surface area (Å²) in [6.45, 7) is -0.243. The van der Waals surface area contributed by atoms with Crippen molar-refractivity contribution in [2.45, 2.75) is 16.6 Å². The van der Waals surface area contributed by atoms with Crippen LogP contribution in [0.4, 0.5) is 5.69 Å². The van der Waals surface area contributed by atoms with Crippen LogP contribution in [0.25, 0.3) is 0 Å². The van der Waals surface area contributed by atoms with Crippen LogP contribution in [0.3, 0.4) is 0 Å². The molecule has 1 aromatic heterocycles. The van der Waals surface area contributed by atoms with Gasteiger partial charge in [-0.05, 0) is 42.0 Å². The molecule has 1 atom stereocenters. The number of carbonyl (C=O) groups excluding carboxylic acids is 2. The van der Waals surface area contributed by atoms with Crippen molar-refractivity contribution >= 4 is 37.4 Å². The number of sulfonamides is 1. The van der Waals surface area contributed by atoms with Crippen LogP contribution in [0, 0.1) is 0 Å². The molecule has 0 saturated carbocycles. The normalized spacial score (nSPS) is 16.2. The zero-order chi connectivity index (χ0) is 24.3. The lowest BCUT2D eigenvalue weighted by molar-refractivity contribution is -0.116. The number of amides is 2. The molecule has 1 N–H and O–H groups in total. The number of carbonyl (C=O) groups is 2. The third kappa shape index (κ3) is 4.70. The van der Waals surface area contributed by atoms with Crippen LogP contribution in [-0.4, -0.2) is 45.9 Å². The van der Waals surface area contributed by atoms with Crippen molar-refractivity contribution in [1.29, 1.82) is 0 Å². The molecule has 2 aromatic carbocycles. The lowest BCUT2D eigenvalue weighted by Crippen LogP contribution is -2.32. The van der Waals surface area contributed by atoms with Crippen molar-refractivity contribution in [3.8, 4) is 0 Å². The van der Waals surface area contributed by atoms with Crippen LogP contribution >= 0.6 is 0 Å². The Hall–Kier alpha value is -3.57. The molecule has 4 rings (SSSR count). The van der Waals surface area contributed by atoms with Crippen molar-refractivity contribution in [2.24, 2.45) is 0 Å². The van der Waals surface area contributed by atoms with Crippen LogP contribution < -0.4 is 9.62 Å². The Balaban J connectivity index is 1.59. The Kier molecular flexibility index (Phi) is 6.49. The van der Waals surface area contributed by atoms with Gasteiger partial charge in [-0.25, -0.2) is 21.1 Å². The molecule has 0 radical (unpaired) electrons. The molecule has 34 heavy (non-hydrogen) atoms. The molecular formula is C23H21N3O6S2. The van der Waals surface area contributed by atoms with Crippen molar-refractivity contribution in [3.05, 3.63) is 90.3 Å². The number of nitrogens with zero attached hydrogens (tertiary/aromatic N) is 2. The first-order valence-electron chi connectivity index (χ1n) is 10.3. The van der Waals surface area contributed by atoms with Crippen LogP contribution in [0.1, 0.15) is 27.6 Å². The summed E-state index contributed by atoms with van der Waals surface area (Å²) < 4.78 is 51.8. The van der Waals surface area contributed by atoms with Gasteiger partial charge in [0, 0.05) is 30.9 Å². The molecular weight excluding hydrogens is 478 g/mol. The highest BCUT2D eigenvalue weighted by atomic mass is 32.2. The summed E-state index contributed by atoms with van der Waals surface area (Å²) in [5.41, 5.74) is 0.569. The maximum Gasteiger partial charge on any atom is 0.251 e. The summed E-state index contributed by atoms with van der Waals surface area (Å²) in [6, 6.07) is 16.8. The van der Waals surface area contributed by atoms with E-state index in [9.17, 15) is 26.4 Å². The summed E-state index contributed by atoms with van der Waals surface area (Å²) in [5, 5.41) is 1.52. The van der Waals surface area contributed by atoms with E-state index >= 15 is 0 Å². The average molecular weight is 500 g/mol. The summed E-state index contributed by atoms with van der Waals surface area (Å²) >= 11 is 0. The zero-order valence-corrected chi connectivity index (χ0v) is 19.5. The van der Waals surface area contributed by atoms with Crippen LogP contribution in [-0.2, 0) is 24.7 Å². The van der Waals surface area contributed by atoms with Gasteiger partial charge in [-0.3, -0.25) is 14.6 Å². The second-order valence-electron chi connectivity index (χ2n) is 7.62. The van der Waals surface area contributed by atoms with Gasteiger partial charge in [0.1, 0.15) is 5.25 Å². The topological polar surface area (TPSA) is 131 Å². The fraction of sp³-hybridized carbons (Fsp3) is 0.174. The third-order valence-electron chi connectivity index (χ3n) is 5.37. The summed E-state index contributed by atoms with van der Waals surface area (Å²) in [5.74, 6) is -1.46. The molecule has 1 fully saturated rings. The van der Waals surface area contributed by atoms with E-state index in [1.54, 1.807) is 30.3 Å². The SMILES string of the molecule is O=C(NC[C@H](c1cccnc1)S(=O)(=O)c1ccccc1)c1cccc(N2C(=O)CCS2(=O)=O)c1. The third-order valence-corrected chi connectivity index (χ3v) is 9.18. The summed E-state index contributed by atoms with van der Waals surface area (Å²) in [6.07, 6.45) is 2.83. The first-order valence-corrected chi connectivity index (χ1v) is 13.5. The van der Waals surface area contributed by atoms with E-state index in [4.69, 9.17) is 0 Å². The number of nitrogens with one attached hydrogen (secondary N) is 1. The van der Waals surface area contributed by atoms with Gasteiger partial charge in [0.25, 0.3) is 5.91 Å². The van der Waals surface area contributed by atoms with Gasteiger partial charge in [-0.15, -0.1) is 0 Å². The fourth-order valence-electron chi connectivity index (χ4n) is 3.68. The van der Waals surface area contributed by atoms with Gasteiger partial charge < -0.3 is 5.32 Å². The van der Waals surface area contributed by atoms with Crippen molar-refractivity contribution in [2.75, 3.05) is 16.6 Å². The number of hydrogen-bond donors (Lipinski definition) is 1. The lowest BCUT2D eigenvalue weighted by atomic mass is 10.1. The molecule has 0 spiro atoms. The number of sulfone groups is 1. The zero-order valence-electron chi connectivity index (χ0n) is 17.9. The van der Waals surface area contributed by atoms with E-state index in [1.165, 1.54) is 48.8 Å². The molecule has 0 unspecified atom stereocenters. The summed E-state index contributed by atoms with van der Waals surface area (Å²) in [7, 11) is -7.64. The Morgan fingerprint density at radius 2 is 1.82 bits per heavy atom. The molecule has 11 heteroatoms. The highest BCUT2D eigenvalue weighted by Gasteiger charge is 2.36. The largest absolute Gasteiger partial charge is 0.350 e. The van der Waals surface area contributed by atoms with Gasteiger partial charge in [0.05, 0.1) is 16.3 Å². The smallest absolute Gasteiger partial charge is 0.251 e. The van der Waals surface area contributed by atoms with E-state index in [2.05, 4.69) is 10.3 Å². The number of anilines is 1. The highest BCUT2D eigenvalue weighted by Crippen LogP contribution is 2.29. The predicted molar refractivity (Wildman–Crippen MR) is 125 cm³/mol. The predicted octanol–water partition coefficient (Wildman–Crippen LogP) is 2.09. The molecule has 3 aromatic rings. The van der Waals surface area contributed by atoms with Crippen molar-refractivity contribution in [1.82, 2.24) is 10.3 Å². The minimum absolute atomic E-state index is 0.0656. The maximum atomic E-state index is 13.3. The molecule has 1 saturated heterocycles. The lowest BCUT2D eigenvalue weighted by Gasteiger charge is -2.19. The first-order chi connectivity index (χ1) is 16.2. The highest BCUT2D eigenvalue weighted by molar-refractivity contribution is 7.94. The van der Waals surface area contributed by atoms with Crippen molar-refractivity contribution < 1.29 is 26.4 Å². The monoisotopic (exact) mass is 499 g/mol.